The second-order valence-corrected chi connectivity index (χ2v) is 9.02. The average Bonchev–Trinajstić information content (AvgIpc) is 2.76. The number of fused-ring (bicyclic) bond motifs is 1. The van der Waals surface area contributed by atoms with Crippen LogP contribution in [-0.2, 0) is 0 Å². The molecule has 0 unspecified atom stereocenters. The fraction of sp³-hybridized carbons (Fsp3) is 0.385. The van der Waals surface area contributed by atoms with Gasteiger partial charge < -0.3 is 14.4 Å². The van der Waals surface area contributed by atoms with Gasteiger partial charge in [0.1, 0.15) is 23.9 Å². The van der Waals surface area contributed by atoms with Crippen molar-refractivity contribution in [2.45, 2.75) is 19.8 Å². The van der Waals surface area contributed by atoms with E-state index in [1.807, 2.05) is 24.3 Å². The molecule has 5 heteroatoms. The van der Waals surface area contributed by atoms with E-state index in [-0.39, 0.29) is 0 Å². The number of rotatable bonds is 7. The van der Waals surface area contributed by atoms with Gasteiger partial charge in [-0.15, -0.1) is 0 Å². The normalized spacial score (nSPS) is 15.5. The first-order valence-corrected chi connectivity index (χ1v) is 11.4. The Bertz CT molecular complexity index is 1030. The van der Waals surface area contributed by atoms with Crippen LogP contribution >= 0.6 is 11.6 Å². The summed E-state index contributed by atoms with van der Waals surface area (Å²) in [7, 11) is 2.17. The van der Waals surface area contributed by atoms with E-state index < -0.39 is 0 Å². The van der Waals surface area contributed by atoms with E-state index in [1.54, 1.807) is 0 Å². The summed E-state index contributed by atoms with van der Waals surface area (Å²) in [6, 6.07) is 18.3. The van der Waals surface area contributed by atoms with E-state index >= 15 is 0 Å². The van der Waals surface area contributed by atoms with Crippen molar-refractivity contribution in [2.24, 2.45) is 0 Å². The molecule has 4 nitrogen and oxygen atoms in total. The molecular formula is C26H31ClN2O2. The van der Waals surface area contributed by atoms with Crippen molar-refractivity contribution in [3.63, 3.8) is 0 Å². The lowest BCUT2D eigenvalue weighted by Crippen LogP contribution is -2.45. The van der Waals surface area contributed by atoms with Crippen LogP contribution in [0.3, 0.4) is 0 Å². The summed E-state index contributed by atoms with van der Waals surface area (Å²) in [6.45, 7) is 10.4. The number of benzene rings is 3. The van der Waals surface area contributed by atoms with Gasteiger partial charge in [0.2, 0.25) is 0 Å². The molecule has 0 spiro atoms. The van der Waals surface area contributed by atoms with Crippen LogP contribution in [-0.4, -0.2) is 56.2 Å². The van der Waals surface area contributed by atoms with Crippen LogP contribution in [0.2, 0.25) is 5.02 Å². The summed E-state index contributed by atoms with van der Waals surface area (Å²) in [5.41, 5.74) is 1.34. The summed E-state index contributed by atoms with van der Waals surface area (Å²) < 4.78 is 12.0. The lowest BCUT2D eigenvalue weighted by atomic mass is 9.99. The largest absolute Gasteiger partial charge is 0.492 e. The molecule has 1 aliphatic rings. The molecule has 4 rings (SSSR count). The Hall–Kier alpha value is -2.27. The Morgan fingerprint density at radius 1 is 0.871 bits per heavy atom. The maximum atomic E-state index is 6.48. The zero-order chi connectivity index (χ0) is 21.8. The molecule has 0 radical (unpaired) electrons. The topological polar surface area (TPSA) is 24.9 Å². The Labute approximate surface area is 190 Å². The van der Waals surface area contributed by atoms with Gasteiger partial charge >= 0.3 is 0 Å². The second-order valence-electron chi connectivity index (χ2n) is 8.61. The van der Waals surface area contributed by atoms with Crippen LogP contribution in [0, 0.1) is 0 Å². The van der Waals surface area contributed by atoms with Gasteiger partial charge in [-0.1, -0.05) is 49.7 Å². The summed E-state index contributed by atoms with van der Waals surface area (Å²) in [6.07, 6.45) is 0. The van der Waals surface area contributed by atoms with Gasteiger partial charge in [-0.25, -0.2) is 0 Å². The van der Waals surface area contributed by atoms with Crippen LogP contribution in [0.5, 0.6) is 17.2 Å². The lowest BCUT2D eigenvalue weighted by Gasteiger charge is -2.32. The minimum absolute atomic E-state index is 0.515. The SMILES string of the molecule is CC(C)c1ccc2cc(Oc3ccc(OCCN4CCN(C)CC4)cc3Cl)ccc2c1. The molecular weight excluding hydrogens is 408 g/mol. The monoisotopic (exact) mass is 438 g/mol. The van der Waals surface area contributed by atoms with Gasteiger partial charge in [0.25, 0.3) is 0 Å². The van der Waals surface area contributed by atoms with Gasteiger partial charge in [-0.05, 0) is 53.6 Å². The summed E-state index contributed by atoms with van der Waals surface area (Å²) in [4.78, 5) is 4.79. The van der Waals surface area contributed by atoms with Crippen molar-refractivity contribution in [3.05, 3.63) is 65.2 Å². The molecule has 1 heterocycles. The molecule has 0 saturated carbocycles. The Morgan fingerprint density at radius 3 is 2.32 bits per heavy atom. The molecule has 1 saturated heterocycles. The Morgan fingerprint density at radius 2 is 1.58 bits per heavy atom. The van der Waals surface area contributed by atoms with Crippen LogP contribution in [0.4, 0.5) is 0 Å². The van der Waals surface area contributed by atoms with Crippen molar-refractivity contribution >= 4 is 22.4 Å². The predicted octanol–water partition coefficient (Wildman–Crippen LogP) is 6.04. The van der Waals surface area contributed by atoms with E-state index in [0.29, 0.717) is 23.3 Å². The van der Waals surface area contributed by atoms with Crippen molar-refractivity contribution < 1.29 is 9.47 Å². The molecule has 1 fully saturated rings. The van der Waals surface area contributed by atoms with Gasteiger partial charge in [0.15, 0.2) is 0 Å². The zero-order valence-electron chi connectivity index (χ0n) is 18.6. The number of ether oxygens (including phenoxy) is 2. The highest BCUT2D eigenvalue weighted by molar-refractivity contribution is 6.32. The lowest BCUT2D eigenvalue weighted by molar-refractivity contribution is 0.133. The van der Waals surface area contributed by atoms with Gasteiger partial charge in [-0.3, -0.25) is 4.90 Å². The summed E-state index contributed by atoms with van der Waals surface area (Å²) in [5.74, 6) is 2.69. The number of hydrogen-bond donors (Lipinski definition) is 0. The van der Waals surface area contributed by atoms with Gasteiger partial charge in [0, 0.05) is 38.8 Å². The third-order valence-corrected chi connectivity index (χ3v) is 6.20. The molecule has 3 aromatic rings. The first-order chi connectivity index (χ1) is 15.0. The minimum atomic E-state index is 0.515. The van der Waals surface area contributed by atoms with E-state index in [0.717, 1.165) is 49.6 Å². The molecule has 1 aliphatic heterocycles. The first kappa shape index (κ1) is 21.9. The highest BCUT2D eigenvalue weighted by Gasteiger charge is 2.13. The molecule has 3 aromatic carbocycles. The Kier molecular flexibility index (Phi) is 7.01. The molecule has 0 N–H and O–H groups in total. The molecule has 0 amide bonds. The highest BCUT2D eigenvalue weighted by atomic mass is 35.5. The number of halogens is 1. The number of nitrogens with zero attached hydrogens (tertiary/aromatic N) is 2. The molecule has 0 aliphatic carbocycles. The highest BCUT2D eigenvalue weighted by Crippen LogP contribution is 2.34. The Balaban J connectivity index is 1.36. The zero-order valence-corrected chi connectivity index (χ0v) is 19.4. The third kappa shape index (κ3) is 5.70. The number of hydrogen-bond acceptors (Lipinski definition) is 4. The average molecular weight is 439 g/mol. The fourth-order valence-electron chi connectivity index (χ4n) is 3.81. The number of likely N-dealkylation sites (N-methyl/N-ethyl adjacent to an activating group) is 1. The van der Waals surface area contributed by atoms with Crippen LogP contribution in [0.15, 0.2) is 54.6 Å². The maximum absolute atomic E-state index is 6.48. The third-order valence-electron chi connectivity index (χ3n) is 5.91. The minimum Gasteiger partial charge on any atom is -0.492 e. The molecule has 0 atom stereocenters. The van der Waals surface area contributed by atoms with Crippen LogP contribution in [0.1, 0.15) is 25.3 Å². The van der Waals surface area contributed by atoms with E-state index in [9.17, 15) is 0 Å². The molecule has 0 aromatic heterocycles. The van der Waals surface area contributed by atoms with Crippen molar-refractivity contribution in [2.75, 3.05) is 46.4 Å². The van der Waals surface area contributed by atoms with Gasteiger partial charge in [-0.2, -0.15) is 0 Å². The quantitative estimate of drug-likeness (QED) is 0.449. The van der Waals surface area contributed by atoms with Crippen molar-refractivity contribution in [3.8, 4) is 17.2 Å². The second kappa shape index (κ2) is 9.90. The maximum Gasteiger partial charge on any atom is 0.146 e. The molecule has 0 bridgehead atoms. The summed E-state index contributed by atoms with van der Waals surface area (Å²) >= 11 is 6.48. The first-order valence-electron chi connectivity index (χ1n) is 11.0. The van der Waals surface area contributed by atoms with Crippen LogP contribution in [0.25, 0.3) is 10.8 Å². The van der Waals surface area contributed by atoms with Crippen molar-refractivity contribution in [1.29, 1.82) is 0 Å². The van der Waals surface area contributed by atoms with Crippen LogP contribution < -0.4 is 9.47 Å². The smallest absolute Gasteiger partial charge is 0.146 e. The van der Waals surface area contributed by atoms with E-state index in [2.05, 4.69) is 61.0 Å². The number of piperazine rings is 1. The van der Waals surface area contributed by atoms with E-state index in [4.69, 9.17) is 21.1 Å². The molecule has 164 valence electrons. The van der Waals surface area contributed by atoms with E-state index in [1.165, 1.54) is 10.9 Å². The molecule has 31 heavy (non-hydrogen) atoms. The summed E-state index contributed by atoms with van der Waals surface area (Å²) in [5, 5.41) is 2.92. The fourth-order valence-corrected chi connectivity index (χ4v) is 4.02. The van der Waals surface area contributed by atoms with Crippen molar-refractivity contribution in [1.82, 2.24) is 9.80 Å². The predicted molar refractivity (Wildman–Crippen MR) is 129 cm³/mol. The standard InChI is InChI=1S/C26H31ClN2O2/c1-19(2)20-4-5-22-17-24(7-6-21(22)16-20)31-26-9-8-23(18-25(26)27)30-15-14-29-12-10-28(3)11-13-29/h4-9,16-19H,10-15H2,1-3H3. The van der Waals surface area contributed by atoms with Gasteiger partial charge in [0.05, 0.1) is 5.02 Å².